The zero-order valence-electron chi connectivity index (χ0n) is 21.8. The number of nitrogens with zero attached hydrogens (tertiary/aromatic N) is 3. The Kier molecular flexibility index (Phi) is 7.17. The summed E-state index contributed by atoms with van der Waals surface area (Å²) in [5.74, 6) is 0.824. The van der Waals surface area contributed by atoms with Crippen molar-refractivity contribution in [2.75, 3.05) is 24.7 Å². The van der Waals surface area contributed by atoms with Gasteiger partial charge in [-0.25, -0.2) is 4.98 Å². The van der Waals surface area contributed by atoms with Gasteiger partial charge in [0.1, 0.15) is 10.8 Å². The summed E-state index contributed by atoms with van der Waals surface area (Å²) in [5, 5.41) is 5.92. The minimum absolute atomic E-state index is 0.165. The van der Waals surface area contributed by atoms with Gasteiger partial charge in [-0.2, -0.15) is 0 Å². The number of aromatic amines is 1. The van der Waals surface area contributed by atoms with Crippen LogP contribution < -0.4 is 15.8 Å². The first-order valence-corrected chi connectivity index (χ1v) is 13.6. The van der Waals surface area contributed by atoms with E-state index < -0.39 is 0 Å². The van der Waals surface area contributed by atoms with Gasteiger partial charge in [-0.1, -0.05) is 0 Å². The van der Waals surface area contributed by atoms with Crippen molar-refractivity contribution in [3.63, 3.8) is 0 Å². The second kappa shape index (κ2) is 10.5. The Balaban J connectivity index is 1.57. The number of hydrogen-bond acceptors (Lipinski definition) is 6. The third-order valence-corrected chi connectivity index (χ3v) is 8.02. The monoisotopic (exact) mass is 519 g/mol. The smallest absolute Gasteiger partial charge is 0.253 e. The number of fused-ring (bicyclic) bond motifs is 1. The van der Waals surface area contributed by atoms with E-state index in [1.54, 1.807) is 11.3 Å². The Morgan fingerprint density at radius 3 is 2.70 bits per heavy atom. The lowest BCUT2D eigenvalue weighted by molar-refractivity contribution is 0.0844. The molecule has 4 aromatic rings. The molecule has 0 spiro atoms. The lowest BCUT2D eigenvalue weighted by Crippen LogP contribution is -2.41. The highest BCUT2D eigenvalue weighted by Crippen LogP contribution is 2.34. The average Bonchev–Trinajstić information content (AvgIpc) is 3.55. The predicted octanol–water partition coefficient (Wildman–Crippen LogP) is 4.61. The van der Waals surface area contributed by atoms with Crippen LogP contribution in [0.25, 0.3) is 16.1 Å². The summed E-state index contributed by atoms with van der Waals surface area (Å²) in [7, 11) is 0. The number of pyridine rings is 2. The number of nitrogens with one attached hydrogen (secondary N) is 2. The largest absolute Gasteiger partial charge is 0.381 e. The number of thiazole rings is 1. The lowest BCUT2D eigenvalue weighted by Gasteiger charge is -2.37. The molecule has 0 aromatic carbocycles. The predicted molar refractivity (Wildman–Crippen MR) is 148 cm³/mol. The highest BCUT2D eigenvalue weighted by molar-refractivity contribution is 7.13. The second-order valence-electron chi connectivity index (χ2n) is 9.62. The van der Waals surface area contributed by atoms with E-state index in [4.69, 9.17) is 4.74 Å². The van der Waals surface area contributed by atoms with Gasteiger partial charge in [-0.3, -0.25) is 9.59 Å². The number of anilines is 1. The van der Waals surface area contributed by atoms with E-state index in [0.29, 0.717) is 17.2 Å². The number of rotatable bonds is 7. The first-order chi connectivity index (χ1) is 17.9. The summed E-state index contributed by atoms with van der Waals surface area (Å²) in [4.78, 5) is 35.8. The first kappa shape index (κ1) is 25.2. The number of H-pyrrole nitrogens is 1. The molecule has 9 heteroatoms. The van der Waals surface area contributed by atoms with Crippen molar-refractivity contribution in [1.29, 1.82) is 0 Å². The maximum Gasteiger partial charge on any atom is 0.253 e. The number of carbonyl (C=O) groups excluding carboxylic acids is 1. The molecule has 37 heavy (non-hydrogen) atoms. The molecule has 1 aliphatic heterocycles. The molecule has 0 bridgehead atoms. The van der Waals surface area contributed by atoms with Crippen LogP contribution in [0.2, 0.25) is 0 Å². The zero-order valence-corrected chi connectivity index (χ0v) is 22.6. The van der Waals surface area contributed by atoms with Gasteiger partial charge < -0.3 is 24.3 Å². The molecule has 1 saturated heterocycles. The molecular weight excluding hydrogens is 486 g/mol. The van der Waals surface area contributed by atoms with E-state index in [2.05, 4.69) is 43.8 Å². The van der Waals surface area contributed by atoms with Gasteiger partial charge in [-0.05, 0) is 64.3 Å². The Morgan fingerprint density at radius 2 is 2.03 bits per heavy atom. The highest BCUT2D eigenvalue weighted by atomic mass is 32.1. The van der Waals surface area contributed by atoms with Gasteiger partial charge in [0.2, 0.25) is 0 Å². The standard InChI is InChI=1S/C28H33N5O3S/c1-5-32(21-6-9-36-10-7-21)28-19(4)23(14-22-13-20(16-33(22)28)27-29-8-11-37-27)25(34)30-15-24-17(2)12-18(3)31-26(24)35/h8,11-14,16,21H,5-7,9-10,15H2,1-4H3,(H,30,34)(H,31,35). The SMILES string of the molecule is CCN(c1c(C)c(C(=O)NCc2c(C)cc(C)[nH]c2=O)cc2cc(-c3nccs3)cn12)C1CCOCC1. The van der Waals surface area contributed by atoms with Gasteiger partial charge in [0.15, 0.2) is 0 Å². The van der Waals surface area contributed by atoms with E-state index in [0.717, 1.165) is 71.3 Å². The minimum Gasteiger partial charge on any atom is -0.381 e. The fourth-order valence-corrected chi connectivity index (χ4v) is 5.97. The van der Waals surface area contributed by atoms with Crippen molar-refractivity contribution in [1.82, 2.24) is 19.7 Å². The number of aromatic nitrogens is 3. The van der Waals surface area contributed by atoms with Gasteiger partial charge in [0.25, 0.3) is 11.5 Å². The van der Waals surface area contributed by atoms with Gasteiger partial charge in [-0.15, -0.1) is 11.3 Å². The van der Waals surface area contributed by atoms with Crippen LogP contribution in [-0.4, -0.2) is 46.1 Å². The Hall–Kier alpha value is -3.43. The molecule has 1 amide bonds. The van der Waals surface area contributed by atoms with Crippen molar-refractivity contribution in [3.05, 3.63) is 74.3 Å². The number of aryl methyl sites for hydroxylation is 2. The number of ether oxygens (including phenoxy) is 1. The third kappa shape index (κ3) is 4.93. The first-order valence-electron chi connectivity index (χ1n) is 12.7. The molecule has 0 atom stereocenters. The Labute approximate surface area is 220 Å². The quantitative estimate of drug-likeness (QED) is 0.372. The summed E-state index contributed by atoms with van der Waals surface area (Å²) in [6.07, 6.45) is 5.82. The van der Waals surface area contributed by atoms with Crippen LogP contribution in [0.5, 0.6) is 0 Å². The minimum atomic E-state index is -0.194. The van der Waals surface area contributed by atoms with Crippen LogP contribution in [0.1, 0.15) is 52.5 Å². The van der Waals surface area contributed by atoms with E-state index in [-0.39, 0.29) is 18.0 Å². The van der Waals surface area contributed by atoms with Crippen molar-refractivity contribution in [2.24, 2.45) is 0 Å². The highest BCUT2D eigenvalue weighted by Gasteiger charge is 2.27. The van der Waals surface area contributed by atoms with Crippen LogP contribution in [0.3, 0.4) is 0 Å². The number of carbonyl (C=O) groups is 1. The average molecular weight is 520 g/mol. The molecule has 0 aliphatic carbocycles. The summed E-state index contributed by atoms with van der Waals surface area (Å²) in [6, 6.07) is 6.28. The third-order valence-electron chi connectivity index (χ3n) is 7.20. The molecule has 1 aliphatic rings. The van der Waals surface area contributed by atoms with Crippen molar-refractivity contribution < 1.29 is 9.53 Å². The second-order valence-corrected chi connectivity index (χ2v) is 10.5. The summed E-state index contributed by atoms with van der Waals surface area (Å²) in [6.45, 7) is 10.4. The molecular formula is C28H33N5O3S. The molecule has 5 heterocycles. The molecule has 4 aromatic heterocycles. The van der Waals surface area contributed by atoms with Gasteiger partial charge >= 0.3 is 0 Å². The van der Waals surface area contributed by atoms with Crippen molar-refractivity contribution >= 4 is 28.6 Å². The summed E-state index contributed by atoms with van der Waals surface area (Å²) in [5.41, 5.74) is 5.56. The van der Waals surface area contributed by atoms with E-state index in [1.165, 1.54) is 0 Å². The van der Waals surface area contributed by atoms with Crippen LogP contribution >= 0.6 is 11.3 Å². The summed E-state index contributed by atoms with van der Waals surface area (Å²) >= 11 is 1.60. The molecule has 8 nitrogen and oxygen atoms in total. The van der Waals surface area contributed by atoms with Crippen LogP contribution in [0.15, 0.2) is 40.8 Å². The zero-order chi connectivity index (χ0) is 26.1. The normalized spacial score (nSPS) is 14.3. The lowest BCUT2D eigenvalue weighted by atomic mass is 10.0. The number of hydrogen-bond donors (Lipinski definition) is 2. The number of amides is 1. The fraction of sp³-hybridized carbons (Fsp3) is 0.393. The van der Waals surface area contributed by atoms with Gasteiger partial charge in [0.05, 0.1) is 0 Å². The Bertz CT molecular complexity index is 1480. The molecule has 194 valence electrons. The van der Waals surface area contributed by atoms with Crippen LogP contribution in [0.4, 0.5) is 5.82 Å². The maximum absolute atomic E-state index is 13.6. The van der Waals surface area contributed by atoms with Crippen molar-refractivity contribution in [3.8, 4) is 10.6 Å². The molecule has 5 rings (SSSR count). The molecule has 0 radical (unpaired) electrons. The maximum atomic E-state index is 13.6. The molecule has 0 saturated carbocycles. The van der Waals surface area contributed by atoms with Crippen LogP contribution in [-0.2, 0) is 11.3 Å². The van der Waals surface area contributed by atoms with Crippen molar-refractivity contribution in [2.45, 2.75) is 53.1 Å². The molecule has 2 N–H and O–H groups in total. The van der Waals surface area contributed by atoms with E-state index in [1.807, 2.05) is 44.5 Å². The van der Waals surface area contributed by atoms with Gasteiger partial charge in [0, 0.05) is 83.6 Å². The van der Waals surface area contributed by atoms with E-state index >= 15 is 0 Å². The topological polar surface area (TPSA) is 91.7 Å². The summed E-state index contributed by atoms with van der Waals surface area (Å²) < 4.78 is 7.82. The Morgan fingerprint density at radius 1 is 1.24 bits per heavy atom. The molecule has 0 unspecified atom stereocenters. The van der Waals surface area contributed by atoms with E-state index in [9.17, 15) is 9.59 Å². The van der Waals surface area contributed by atoms with Crippen LogP contribution in [0, 0.1) is 20.8 Å². The fourth-order valence-electron chi connectivity index (χ4n) is 5.35. The molecule has 1 fully saturated rings.